The lowest BCUT2D eigenvalue weighted by atomic mass is 9.85. The highest BCUT2D eigenvalue weighted by Crippen LogP contribution is 2.50. The van der Waals surface area contributed by atoms with Crippen molar-refractivity contribution in [3.05, 3.63) is 23.3 Å². The molecule has 0 spiro atoms. The molecule has 1 aromatic rings. The highest BCUT2D eigenvalue weighted by atomic mass is 16.4. The molecule has 0 heterocycles. The van der Waals surface area contributed by atoms with Crippen molar-refractivity contribution in [3.63, 3.8) is 0 Å². The maximum atomic E-state index is 11.3. The highest BCUT2D eigenvalue weighted by molar-refractivity contribution is 5.77. The Hall–Kier alpha value is -2.24. The lowest BCUT2D eigenvalue weighted by Gasteiger charge is -2.20. The number of hydrogen-bond acceptors (Lipinski definition) is 4. The molecule has 0 aromatic heterocycles. The van der Waals surface area contributed by atoms with Crippen LogP contribution in [0.2, 0.25) is 0 Å². The smallest absolute Gasteiger partial charge is 0.309 e. The number of benzene rings is 1. The molecular formula is C20H28O6. The van der Waals surface area contributed by atoms with Crippen LogP contribution in [-0.2, 0) is 22.4 Å². The summed E-state index contributed by atoms with van der Waals surface area (Å²) in [5, 5.41) is 38.8. The molecule has 6 nitrogen and oxygen atoms in total. The molecular weight excluding hydrogens is 336 g/mol. The third kappa shape index (κ3) is 4.48. The molecule has 0 aliphatic heterocycles. The van der Waals surface area contributed by atoms with E-state index in [0.29, 0.717) is 62.5 Å². The molecule has 0 unspecified atom stereocenters. The highest BCUT2D eigenvalue weighted by Gasteiger charge is 2.49. The van der Waals surface area contributed by atoms with Crippen LogP contribution in [0.5, 0.6) is 11.5 Å². The predicted octanol–water partition coefficient (Wildman–Crippen LogP) is 3.72. The number of phenolic OH excluding ortho intramolecular Hbond substituents is 2. The molecule has 144 valence electrons. The zero-order valence-corrected chi connectivity index (χ0v) is 15.4. The summed E-state index contributed by atoms with van der Waals surface area (Å²) in [6.45, 7) is 3.33. The number of carboxylic acid groups (broad SMARTS) is 2. The molecule has 2 rings (SSSR count). The number of carboxylic acids is 2. The SMILES string of the molecule is CC(C)(CCCc1c(O)ccc(O)c1CCCC1(C(=O)O)CC1)C(=O)O. The van der Waals surface area contributed by atoms with Gasteiger partial charge in [0.2, 0.25) is 0 Å². The van der Waals surface area contributed by atoms with Crippen LogP contribution in [0.1, 0.15) is 63.5 Å². The number of hydrogen-bond donors (Lipinski definition) is 4. The van der Waals surface area contributed by atoms with Gasteiger partial charge in [0.05, 0.1) is 10.8 Å². The van der Waals surface area contributed by atoms with Crippen LogP contribution in [0, 0.1) is 10.8 Å². The molecule has 0 saturated heterocycles. The predicted molar refractivity (Wildman–Crippen MR) is 96.4 cm³/mol. The molecule has 1 aliphatic carbocycles. The van der Waals surface area contributed by atoms with E-state index in [1.807, 2.05) is 0 Å². The molecule has 6 heteroatoms. The summed E-state index contributed by atoms with van der Waals surface area (Å²) in [5.74, 6) is -1.43. The number of aromatic hydroxyl groups is 2. The minimum Gasteiger partial charge on any atom is -0.508 e. The van der Waals surface area contributed by atoms with E-state index in [1.54, 1.807) is 13.8 Å². The van der Waals surface area contributed by atoms with Crippen LogP contribution in [0.15, 0.2) is 12.1 Å². The fraction of sp³-hybridized carbons (Fsp3) is 0.600. The Bertz CT molecular complexity index is 641. The van der Waals surface area contributed by atoms with E-state index >= 15 is 0 Å². The fourth-order valence-electron chi connectivity index (χ4n) is 3.37. The van der Waals surface area contributed by atoms with E-state index in [9.17, 15) is 30.0 Å². The van der Waals surface area contributed by atoms with Gasteiger partial charge in [-0.2, -0.15) is 0 Å². The lowest BCUT2D eigenvalue weighted by molar-refractivity contribution is -0.147. The van der Waals surface area contributed by atoms with E-state index < -0.39 is 22.8 Å². The Labute approximate surface area is 153 Å². The van der Waals surface area contributed by atoms with Crippen molar-refractivity contribution in [3.8, 4) is 11.5 Å². The van der Waals surface area contributed by atoms with Crippen molar-refractivity contribution in [2.45, 2.75) is 65.2 Å². The molecule has 0 atom stereocenters. The van der Waals surface area contributed by atoms with Crippen molar-refractivity contribution in [1.29, 1.82) is 0 Å². The third-order valence-corrected chi connectivity index (χ3v) is 5.58. The summed E-state index contributed by atoms with van der Waals surface area (Å²) in [4.78, 5) is 22.5. The Morgan fingerprint density at radius 3 is 1.92 bits per heavy atom. The first-order chi connectivity index (χ1) is 12.1. The molecule has 0 amide bonds. The van der Waals surface area contributed by atoms with Crippen LogP contribution < -0.4 is 0 Å². The minimum absolute atomic E-state index is 0.0882. The Morgan fingerprint density at radius 1 is 1.00 bits per heavy atom. The molecule has 0 bridgehead atoms. The second-order valence-corrected chi connectivity index (χ2v) is 8.04. The monoisotopic (exact) mass is 364 g/mol. The van der Waals surface area contributed by atoms with Gasteiger partial charge in [0.15, 0.2) is 0 Å². The average molecular weight is 364 g/mol. The summed E-state index contributed by atoms with van der Waals surface area (Å²) < 4.78 is 0. The maximum Gasteiger partial charge on any atom is 0.309 e. The van der Waals surface area contributed by atoms with Crippen molar-refractivity contribution < 1.29 is 30.0 Å². The first-order valence-corrected chi connectivity index (χ1v) is 9.08. The molecule has 1 aromatic carbocycles. The Balaban J connectivity index is 2.03. The van der Waals surface area contributed by atoms with Gasteiger partial charge >= 0.3 is 11.9 Å². The third-order valence-electron chi connectivity index (χ3n) is 5.58. The number of phenols is 2. The van der Waals surface area contributed by atoms with E-state index in [4.69, 9.17) is 0 Å². The zero-order valence-electron chi connectivity index (χ0n) is 15.4. The van der Waals surface area contributed by atoms with Gasteiger partial charge in [0.1, 0.15) is 11.5 Å². The second-order valence-electron chi connectivity index (χ2n) is 8.04. The van der Waals surface area contributed by atoms with Gasteiger partial charge in [-0.05, 0) is 77.3 Å². The van der Waals surface area contributed by atoms with Crippen LogP contribution in [-0.4, -0.2) is 32.4 Å². The standard InChI is InChI=1S/C20H28O6/c1-19(2,17(23)24)9-3-5-13-14(16(22)8-7-15(13)21)6-4-10-20(11-12-20)18(25)26/h7-8,21-22H,3-6,9-12H2,1-2H3,(H,23,24)(H,25,26). The van der Waals surface area contributed by atoms with Crippen LogP contribution in [0.4, 0.5) is 0 Å². The summed E-state index contributed by atoms with van der Waals surface area (Å²) in [6, 6.07) is 2.88. The summed E-state index contributed by atoms with van der Waals surface area (Å²) in [7, 11) is 0. The fourth-order valence-corrected chi connectivity index (χ4v) is 3.37. The second kappa shape index (κ2) is 7.56. The zero-order chi connectivity index (χ0) is 19.5. The molecule has 1 saturated carbocycles. The first-order valence-electron chi connectivity index (χ1n) is 9.08. The normalized spacial score (nSPS) is 15.6. The quantitative estimate of drug-likeness (QED) is 0.470. The molecule has 1 fully saturated rings. The topological polar surface area (TPSA) is 115 Å². The molecule has 4 N–H and O–H groups in total. The number of aliphatic carboxylic acids is 2. The number of rotatable bonds is 10. The van der Waals surface area contributed by atoms with Gasteiger partial charge in [-0.15, -0.1) is 0 Å². The van der Waals surface area contributed by atoms with Crippen LogP contribution in [0.3, 0.4) is 0 Å². The molecule has 0 radical (unpaired) electrons. The van der Waals surface area contributed by atoms with Crippen molar-refractivity contribution in [2.24, 2.45) is 10.8 Å². The van der Waals surface area contributed by atoms with E-state index in [0.717, 1.165) is 0 Å². The molecule has 1 aliphatic rings. The van der Waals surface area contributed by atoms with Crippen LogP contribution in [0.25, 0.3) is 0 Å². The minimum atomic E-state index is -0.860. The van der Waals surface area contributed by atoms with Gasteiger partial charge in [-0.25, -0.2) is 0 Å². The average Bonchev–Trinajstić information content (AvgIpc) is 3.34. The summed E-state index contributed by atoms with van der Waals surface area (Å²) in [5.41, 5.74) is -0.171. The van der Waals surface area contributed by atoms with Crippen molar-refractivity contribution in [1.82, 2.24) is 0 Å². The van der Waals surface area contributed by atoms with E-state index in [-0.39, 0.29) is 11.5 Å². The van der Waals surface area contributed by atoms with Gasteiger partial charge in [0, 0.05) is 11.1 Å². The first kappa shape index (κ1) is 20.1. The number of carbonyl (C=O) groups is 2. The van der Waals surface area contributed by atoms with Crippen LogP contribution >= 0.6 is 0 Å². The van der Waals surface area contributed by atoms with Gasteiger partial charge in [0.25, 0.3) is 0 Å². The van der Waals surface area contributed by atoms with Crippen molar-refractivity contribution >= 4 is 11.9 Å². The maximum absolute atomic E-state index is 11.3. The van der Waals surface area contributed by atoms with Gasteiger partial charge < -0.3 is 20.4 Å². The lowest BCUT2D eigenvalue weighted by Crippen LogP contribution is -2.23. The van der Waals surface area contributed by atoms with E-state index in [2.05, 4.69) is 0 Å². The van der Waals surface area contributed by atoms with Gasteiger partial charge in [-0.1, -0.05) is 0 Å². The van der Waals surface area contributed by atoms with Crippen molar-refractivity contribution in [2.75, 3.05) is 0 Å². The Morgan fingerprint density at radius 2 is 1.50 bits per heavy atom. The Kier molecular flexibility index (Phi) is 5.84. The summed E-state index contributed by atoms with van der Waals surface area (Å²) in [6.07, 6.45) is 4.57. The largest absolute Gasteiger partial charge is 0.508 e. The van der Waals surface area contributed by atoms with Gasteiger partial charge in [-0.3, -0.25) is 9.59 Å². The summed E-state index contributed by atoms with van der Waals surface area (Å²) >= 11 is 0. The van der Waals surface area contributed by atoms with E-state index in [1.165, 1.54) is 12.1 Å². The molecule has 26 heavy (non-hydrogen) atoms.